The quantitative estimate of drug-likeness (QED) is 0.515. The Morgan fingerprint density at radius 3 is 2.88 bits per heavy atom. The predicted molar refractivity (Wildman–Crippen MR) is 65.5 cm³/mol. The maximum absolute atomic E-state index is 9.03. The van der Waals surface area contributed by atoms with Crippen molar-refractivity contribution in [3.8, 4) is 0 Å². The van der Waals surface area contributed by atoms with Gasteiger partial charge in [0, 0.05) is 28.9 Å². The third-order valence-electron chi connectivity index (χ3n) is 2.27. The smallest absolute Gasteiger partial charge is 0.115 e. The van der Waals surface area contributed by atoms with Crippen LogP contribution in [0, 0.1) is 0 Å². The van der Waals surface area contributed by atoms with Crippen LogP contribution in [0.25, 0.3) is 0 Å². The zero-order chi connectivity index (χ0) is 12.1. The largest absolute Gasteiger partial charge is 0.411 e. The molecule has 0 saturated heterocycles. The number of halogens is 1. The molecule has 0 aliphatic rings. The van der Waals surface area contributed by atoms with Crippen molar-refractivity contribution in [1.82, 2.24) is 9.97 Å². The van der Waals surface area contributed by atoms with Gasteiger partial charge < -0.3 is 5.21 Å². The molecule has 1 heterocycles. The standard InChI is InChI=1S/C12H10ClN3O/c13-10-3-1-2-9(6-10)12(16-17)7-11-4-5-14-8-15-11/h1-6,8,17H,7H2/b16-12+. The number of aromatic nitrogens is 2. The summed E-state index contributed by atoms with van der Waals surface area (Å²) in [5.74, 6) is 0. The molecular formula is C12H10ClN3O. The molecule has 1 aromatic heterocycles. The molecule has 1 N–H and O–H groups in total. The van der Waals surface area contributed by atoms with Crippen LogP contribution in [0.4, 0.5) is 0 Å². The van der Waals surface area contributed by atoms with Gasteiger partial charge in [0.05, 0.1) is 5.71 Å². The highest BCUT2D eigenvalue weighted by molar-refractivity contribution is 6.31. The average Bonchev–Trinajstić information content (AvgIpc) is 2.37. The Kier molecular flexibility index (Phi) is 3.67. The maximum atomic E-state index is 9.03. The minimum atomic E-state index is 0.430. The van der Waals surface area contributed by atoms with E-state index in [0.717, 1.165) is 11.3 Å². The topological polar surface area (TPSA) is 58.4 Å². The van der Waals surface area contributed by atoms with E-state index in [4.69, 9.17) is 16.8 Å². The maximum Gasteiger partial charge on any atom is 0.115 e. The van der Waals surface area contributed by atoms with Crippen molar-refractivity contribution in [2.45, 2.75) is 6.42 Å². The van der Waals surface area contributed by atoms with Crippen LogP contribution >= 0.6 is 11.6 Å². The van der Waals surface area contributed by atoms with Crippen LogP contribution in [0.15, 0.2) is 48.0 Å². The van der Waals surface area contributed by atoms with Gasteiger partial charge in [0.1, 0.15) is 6.33 Å². The van der Waals surface area contributed by atoms with E-state index in [9.17, 15) is 0 Å². The lowest BCUT2D eigenvalue weighted by molar-refractivity contribution is 0.318. The van der Waals surface area contributed by atoms with Crippen LogP contribution in [0.3, 0.4) is 0 Å². The van der Waals surface area contributed by atoms with Crippen LogP contribution in [-0.4, -0.2) is 20.9 Å². The Morgan fingerprint density at radius 2 is 2.24 bits per heavy atom. The Morgan fingerprint density at radius 1 is 1.35 bits per heavy atom. The van der Waals surface area contributed by atoms with Crippen molar-refractivity contribution in [2.75, 3.05) is 0 Å². The molecule has 0 bridgehead atoms. The third-order valence-corrected chi connectivity index (χ3v) is 2.51. The van der Waals surface area contributed by atoms with E-state index in [1.165, 1.54) is 6.33 Å². The van der Waals surface area contributed by atoms with E-state index in [1.807, 2.05) is 12.1 Å². The number of oxime groups is 1. The number of hydrogen-bond acceptors (Lipinski definition) is 4. The fourth-order valence-corrected chi connectivity index (χ4v) is 1.65. The molecule has 17 heavy (non-hydrogen) atoms. The third kappa shape index (κ3) is 3.01. The van der Waals surface area contributed by atoms with E-state index >= 15 is 0 Å². The fourth-order valence-electron chi connectivity index (χ4n) is 1.46. The first-order valence-corrected chi connectivity index (χ1v) is 5.39. The van der Waals surface area contributed by atoms with Crippen molar-refractivity contribution >= 4 is 17.3 Å². The van der Waals surface area contributed by atoms with Crippen LogP contribution < -0.4 is 0 Å². The van der Waals surface area contributed by atoms with Gasteiger partial charge >= 0.3 is 0 Å². The number of rotatable bonds is 3. The zero-order valence-corrected chi connectivity index (χ0v) is 9.67. The summed E-state index contributed by atoms with van der Waals surface area (Å²) in [6.45, 7) is 0. The second-order valence-corrected chi connectivity index (χ2v) is 3.87. The molecule has 0 aliphatic heterocycles. The highest BCUT2D eigenvalue weighted by Crippen LogP contribution is 2.13. The van der Waals surface area contributed by atoms with Gasteiger partial charge in [-0.1, -0.05) is 28.9 Å². The van der Waals surface area contributed by atoms with Gasteiger partial charge in [0.25, 0.3) is 0 Å². The molecule has 2 aromatic rings. The fraction of sp³-hybridized carbons (Fsp3) is 0.0833. The van der Waals surface area contributed by atoms with Crippen LogP contribution in [0.2, 0.25) is 5.02 Å². The van der Waals surface area contributed by atoms with Gasteiger partial charge in [-0.05, 0) is 18.2 Å². The first-order chi connectivity index (χ1) is 8.29. The second-order valence-electron chi connectivity index (χ2n) is 3.43. The van der Waals surface area contributed by atoms with Crippen molar-refractivity contribution in [3.63, 3.8) is 0 Å². The van der Waals surface area contributed by atoms with E-state index < -0.39 is 0 Å². The van der Waals surface area contributed by atoms with Gasteiger partial charge in [-0.25, -0.2) is 9.97 Å². The van der Waals surface area contributed by atoms with Crippen molar-refractivity contribution in [2.24, 2.45) is 5.16 Å². The molecule has 0 aliphatic carbocycles. The number of benzene rings is 1. The van der Waals surface area contributed by atoms with E-state index in [2.05, 4.69) is 15.1 Å². The van der Waals surface area contributed by atoms with Crippen molar-refractivity contribution in [1.29, 1.82) is 0 Å². The van der Waals surface area contributed by atoms with Gasteiger partial charge in [-0.15, -0.1) is 0 Å². The molecule has 5 heteroatoms. The Labute approximate surface area is 104 Å². The highest BCUT2D eigenvalue weighted by atomic mass is 35.5. The van der Waals surface area contributed by atoms with Gasteiger partial charge in [-0.2, -0.15) is 0 Å². The predicted octanol–water partition coefficient (Wildman–Crippen LogP) is 2.55. The average molecular weight is 248 g/mol. The highest BCUT2D eigenvalue weighted by Gasteiger charge is 2.07. The summed E-state index contributed by atoms with van der Waals surface area (Å²) < 4.78 is 0. The minimum absolute atomic E-state index is 0.430. The summed E-state index contributed by atoms with van der Waals surface area (Å²) in [6, 6.07) is 8.93. The molecule has 4 nitrogen and oxygen atoms in total. The summed E-state index contributed by atoms with van der Waals surface area (Å²) in [5.41, 5.74) is 2.08. The first-order valence-electron chi connectivity index (χ1n) is 5.01. The lowest BCUT2D eigenvalue weighted by Gasteiger charge is -2.04. The Hall–Kier alpha value is -1.94. The molecule has 0 amide bonds. The normalized spacial score (nSPS) is 11.5. The van der Waals surface area contributed by atoms with Crippen LogP contribution in [-0.2, 0) is 6.42 Å². The molecule has 0 unspecified atom stereocenters. The van der Waals surface area contributed by atoms with Crippen LogP contribution in [0.5, 0.6) is 0 Å². The lowest BCUT2D eigenvalue weighted by Crippen LogP contribution is -2.06. The van der Waals surface area contributed by atoms with Gasteiger partial charge in [0.2, 0.25) is 0 Å². The minimum Gasteiger partial charge on any atom is -0.411 e. The summed E-state index contributed by atoms with van der Waals surface area (Å²) in [5, 5.41) is 12.9. The summed E-state index contributed by atoms with van der Waals surface area (Å²) in [6.07, 6.45) is 3.54. The van der Waals surface area contributed by atoms with Gasteiger partial charge in [-0.3, -0.25) is 0 Å². The lowest BCUT2D eigenvalue weighted by atomic mass is 10.1. The number of nitrogens with zero attached hydrogens (tertiary/aromatic N) is 3. The molecule has 2 rings (SSSR count). The molecule has 0 fully saturated rings. The SMILES string of the molecule is O/N=C(\Cc1ccncn1)c1cccc(Cl)c1. The van der Waals surface area contributed by atoms with E-state index in [1.54, 1.807) is 24.4 Å². The summed E-state index contributed by atoms with van der Waals surface area (Å²) in [7, 11) is 0. The van der Waals surface area contributed by atoms with E-state index in [0.29, 0.717) is 17.2 Å². The monoisotopic (exact) mass is 247 g/mol. The number of hydrogen-bond donors (Lipinski definition) is 1. The van der Waals surface area contributed by atoms with Gasteiger partial charge in [0.15, 0.2) is 0 Å². The molecule has 86 valence electrons. The Balaban J connectivity index is 2.24. The van der Waals surface area contributed by atoms with Crippen molar-refractivity contribution in [3.05, 3.63) is 59.1 Å². The van der Waals surface area contributed by atoms with Crippen LogP contribution in [0.1, 0.15) is 11.3 Å². The summed E-state index contributed by atoms with van der Waals surface area (Å²) >= 11 is 5.89. The molecular weight excluding hydrogens is 238 g/mol. The van der Waals surface area contributed by atoms with E-state index in [-0.39, 0.29) is 0 Å². The Bertz CT molecular complexity index is 528. The molecule has 0 radical (unpaired) electrons. The second kappa shape index (κ2) is 5.41. The summed E-state index contributed by atoms with van der Waals surface area (Å²) in [4.78, 5) is 7.91. The first kappa shape index (κ1) is 11.5. The molecule has 0 saturated carbocycles. The molecule has 0 atom stereocenters. The zero-order valence-electron chi connectivity index (χ0n) is 8.92. The molecule has 1 aromatic carbocycles. The molecule has 0 spiro atoms. The van der Waals surface area contributed by atoms with Crippen molar-refractivity contribution < 1.29 is 5.21 Å².